The van der Waals surface area contributed by atoms with Crippen molar-refractivity contribution in [2.45, 2.75) is 4.87 Å². The number of nitrogens with two attached hydrogens (primary N) is 1. The Morgan fingerprint density at radius 2 is 2.27 bits per heavy atom. The van der Waals surface area contributed by atoms with Gasteiger partial charge in [-0.25, -0.2) is 4.79 Å². The third-order valence-corrected chi connectivity index (χ3v) is 2.80. The smallest absolute Gasteiger partial charge is 0.344 e. The maximum atomic E-state index is 10.7. The van der Waals surface area contributed by atoms with Crippen molar-refractivity contribution in [3.8, 4) is 0 Å². The number of aliphatic carboxylic acids is 1. The number of carbonyl (C=O) groups excluding carboxylic acids is 1. The van der Waals surface area contributed by atoms with Gasteiger partial charge in [-0.05, 0) is 0 Å². The zero-order valence-corrected chi connectivity index (χ0v) is 6.48. The fourth-order valence-electron chi connectivity index (χ4n) is 0.883. The SMILES string of the molecule is NC(=O)C1(C(=O)O)NCCS1. The second-order valence-corrected chi connectivity index (χ2v) is 3.44. The highest BCUT2D eigenvalue weighted by Crippen LogP contribution is 2.26. The van der Waals surface area contributed by atoms with Crippen LogP contribution < -0.4 is 11.1 Å². The topological polar surface area (TPSA) is 92.4 Å². The van der Waals surface area contributed by atoms with E-state index in [2.05, 4.69) is 5.32 Å². The first kappa shape index (κ1) is 8.35. The highest BCUT2D eigenvalue weighted by molar-refractivity contribution is 8.02. The van der Waals surface area contributed by atoms with Crippen LogP contribution in [0.25, 0.3) is 0 Å². The van der Waals surface area contributed by atoms with Crippen LogP contribution in [0, 0.1) is 0 Å². The zero-order valence-electron chi connectivity index (χ0n) is 5.66. The second-order valence-electron chi connectivity index (χ2n) is 2.13. The van der Waals surface area contributed by atoms with Crippen LogP contribution in [0.3, 0.4) is 0 Å². The van der Waals surface area contributed by atoms with Gasteiger partial charge in [0.2, 0.25) is 4.87 Å². The van der Waals surface area contributed by atoms with E-state index in [4.69, 9.17) is 10.8 Å². The third-order valence-electron chi connectivity index (χ3n) is 1.44. The minimum Gasteiger partial charge on any atom is -0.479 e. The van der Waals surface area contributed by atoms with Crippen molar-refractivity contribution in [3.05, 3.63) is 0 Å². The number of carboxylic acids is 1. The number of hydrogen-bond donors (Lipinski definition) is 3. The summed E-state index contributed by atoms with van der Waals surface area (Å²) in [5, 5.41) is 11.2. The highest BCUT2D eigenvalue weighted by atomic mass is 32.2. The molecule has 1 atom stereocenters. The first-order valence-electron chi connectivity index (χ1n) is 3.02. The summed E-state index contributed by atoms with van der Waals surface area (Å²) in [5.41, 5.74) is 4.93. The quantitative estimate of drug-likeness (QED) is 0.449. The Morgan fingerprint density at radius 1 is 1.64 bits per heavy atom. The molecule has 0 spiro atoms. The minimum atomic E-state index is -1.58. The molecule has 5 nitrogen and oxygen atoms in total. The summed E-state index contributed by atoms with van der Waals surface area (Å²) < 4.78 is 0. The Hall–Kier alpha value is -0.750. The molecular weight excluding hydrogens is 168 g/mol. The van der Waals surface area contributed by atoms with Crippen LogP contribution in [-0.4, -0.2) is 34.2 Å². The van der Waals surface area contributed by atoms with Gasteiger partial charge >= 0.3 is 5.97 Å². The van der Waals surface area contributed by atoms with Crippen LogP contribution in [0.2, 0.25) is 0 Å². The molecule has 1 rings (SSSR count). The van der Waals surface area contributed by atoms with Crippen molar-refractivity contribution in [3.63, 3.8) is 0 Å². The molecule has 0 aromatic heterocycles. The van der Waals surface area contributed by atoms with Gasteiger partial charge in [-0.2, -0.15) is 0 Å². The molecule has 0 saturated carbocycles. The first-order valence-corrected chi connectivity index (χ1v) is 4.00. The molecule has 1 aliphatic heterocycles. The van der Waals surface area contributed by atoms with E-state index in [-0.39, 0.29) is 0 Å². The van der Waals surface area contributed by atoms with E-state index >= 15 is 0 Å². The normalized spacial score (nSPS) is 30.2. The number of carboxylic acid groups (broad SMARTS) is 1. The molecule has 6 heteroatoms. The Kier molecular flexibility index (Phi) is 2.05. The average molecular weight is 176 g/mol. The summed E-state index contributed by atoms with van der Waals surface area (Å²) >= 11 is 1.02. The summed E-state index contributed by atoms with van der Waals surface area (Å²) in [6.45, 7) is 0.500. The lowest BCUT2D eigenvalue weighted by atomic mass is 10.3. The molecule has 0 aromatic carbocycles. The number of rotatable bonds is 2. The van der Waals surface area contributed by atoms with Crippen LogP contribution >= 0.6 is 11.8 Å². The van der Waals surface area contributed by atoms with E-state index in [0.29, 0.717) is 12.3 Å². The van der Waals surface area contributed by atoms with Gasteiger partial charge in [0.1, 0.15) is 0 Å². The van der Waals surface area contributed by atoms with Gasteiger partial charge in [-0.3, -0.25) is 10.1 Å². The predicted molar refractivity (Wildman–Crippen MR) is 40.0 cm³/mol. The summed E-state index contributed by atoms with van der Waals surface area (Å²) in [7, 11) is 0. The minimum absolute atomic E-state index is 0.500. The molecule has 0 aliphatic carbocycles. The van der Waals surface area contributed by atoms with Gasteiger partial charge in [0, 0.05) is 12.3 Å². The molecule has 62 valence electrons. The van der Waals surface area contributed by atoms with Crippen molar-refractivity contribution in [1.29, 1.82) is 0 Å². The van der Waals surface area contributed by atoms with Crippen LogP contribution in [0.5, 0.6) is 0 Å². The monoisotopic (exact) mass is 176 g/mol. The van der Waals surface area contributed by atoms with Gasteiger partial charge in [0.15, 0.2) is 0 Å². The van der Waals surface area contributed by atoms with E-state index in [0.717, 1.165) is 11.8 Å². The van der Waals surface area contributed by atoms with E-state index in [9.17, 15) is 9.59 Å². The molecule has 1 heterocycles. The molecule has 1 aliphatic rings. The zero-order chi connectivity index (χ0) is 8.48. The molecule has 1 amide bonds. The van der Waals surface area contributed by atoms with E-state index < -0.39 is 16.7 Å². The van der Waals surface area contributed by atoms with Crippen molar-refractivity contribution in [2.24, 2.45) is 5.73 Å². The van der Waals surface area contributed by atoms with Gasteiger partial charge < -0.3 is 10.8 Å². The van der Waals surface area contributed by atoms with Crippen molar-refractivity contribution >= 4 is 23.6 Å². The Morgan fingerprint density at radius 3 is 2.45 bits per heavy atom. The molecule has 11 heavy (non-hydrogen) atoms. The van der Waals surface area contributed by atoms with E-state index in [1.807, 2.05) is 0 Å². The summed E-state index contributed by atoms with van der Waals surface area (Å²) in [6, 6.07) is 0. The third kappa shape index (κ3) is 1.19. The molecule has 4 N–H and O–H groups in total. The highest BCUT2D eigenvalue weighted by Gasteiger charge is 2.48. The maximum absolute atomic E-state index is 10.7. The summed E-state index contributed by atoms with van der Waals surface area (Å²) in [6.07, 6.45) is 0. The lowest BCUT2D eigenvalue weighted by molar-refractivity contribution is -0.144. The Bertz CT molecular complexity index is 184. The Balaban J connectivity index is 2.87. The Labute approximate surface area is 67.3 Å². The molecule has 0 radical (unpaired) electrons. The summed E-state index contributed by atoms with van der Waals surface area (Å²) in [5.74, 6) is -1.46. The first-order chi connectivity index (χ1) is 5.09. The predicted octanol–water partition coefficient (Wildman–Crippen LogP) is -1.41. The molecule has 0 aromatic rings. The molecule has 1 unspecified atom stereocenters. The van der Waals surface area contributed by atoms with E-state index in [1.165, 1.54) is 0 Å². The largest absolute Gasteiger partial charge is 0.479 e. The lowest BCUT2D eigenvalue weighted by Crippen LogP contribution is -2.55. The standard InChI is InChI=1S/C5H8N2O3S/c6-3(8)5(4(9)10)7-1-2-11-5/h7H,1-2H2,(H2,6,8)(H,9,10). The van der Waals surface area contributed by atoms with Crippen molar-refractivity contribution in [2.75, 3.05) is 12.3 Å². The number of amides is 1. The maximum Gasteiger partial charge on any atom is 0.344 e. The fourth-order valence-corrected chi connectivity index (χ4v) is 1.86. The molecule has 1 fully saturated rings. The fraction of sp³-hybridized carbons (Fsp3) is 0.600. The average Bonchev–Trinajstić information content (AvgIpc) is 2.34. The number of nitrogens with one attached hydrogen (secondary N) is 1. The second kappa shape index (κ2) is 2.71. The van der Waals surface area contributed by atoms with Crippen LogP contribution in [-0.2, 0) is 9.59 Å². The van der Waals surface area contributed by atoms with Crippen LogP contribution in [0.1, 0.15) is 0 Å². The van der Waals surface area contributed by atoms with E-state index in [1.54, 1.807) is 0 Å². The number of carbonyl (C=O) groups is 2. The molecule has 0 bridgehead atoms. The number of primary amides is 1. The van der Waals surface area contributed by atoms with Crippen LogP contribution in [0.15, 0.2) is 0 Å². The number of thioether (sulfide) groups is 1. The van der Waals surface area contributed by atoms with Gasteiger partial charge in [0.25, 0.3) is 5.91 Å². The lowest BCUT2D eigenvalue weighted by Gasteiger charge is -2.18. The van der Waals surface area contributed by atoms with Gasteiger partial charge in [0.05, 0.1) is 0 Å². The summed E-state index contributed by atoms with van der Waals surface area (Å²) in [4.78, 5) is 19.7. The van der Waals surface area contributed by atoms with Gasteiger partial charge in [-0.15, -0.1) is 11.8 Å². The number of hydrogen-bond acceptors (Lipinski definition) is 4. The van der Waals surface area contributed by atoms with Gasteiger partial charge in [-0.1, -0.05) is 0 Å². The molecule has 1 saturated heterocycles. The van der Waals surface area contributed by atoms with Crippen molar-refractivity contribution in [1.82, 2.24) is 5.32 Å². The molecular formula is C5H8N2O3S. The van der Waals surface area contributed by atoms with Crippen molar-refractivity contribution < 1.29 is 14.7 Å². The van der Waals surface area contributed by atoms with Crippen LogP contribution in [0.4, 0.5) is 0 Å².